The maximum absolute atomic E-state index is 13.4. The SMILES string of the molecule is CC(=O)C(Br)c1ccc(OC(F)F)cc1F. The molecule has 0 bridgehead atoms. The molecule has 6 heteroatoms. The number of ether oxygens (including phenoxy) is 1. The summed E-state index contributed by atoms with van der Waals surface area (Å²) in [6.45, 7) is -1.71. The van der Waals surface area contributed by atoms with E-state index in [1.165, 1.54) is 19.1 Å². The molecule has 0 aliphatic rings. The van der Waals surface area contributed by atoms with Crippen LogP contribution < -0.4 is 4.74 Å². The van der Waals surface area contributed by atoms with Crippen LogP contribution in [0.25, 0.3) is 0 Å². The fourth-order valence-electron chi connectivity index (χ4n) is 1.11. The van der Waals surface area contributed by atoms with Crippen molar-refractivity contribution in [3.05, 3.63) is 29.6 Å². The van der Waals surface area contributed by atoms with Crippen molar-refractivity contribution < 1.29 is 22.7 Å². The number of carbonyl (C=O) groups excluding carboxylic acids is 1. The van der Waals surface area contributed by atoms with Crippen molar-refractivity contribution in [1.29, 1.82) is 0 Å². The molecule has 0 heterocycles. The summed E-state index contributed by atoms with van der Waals surface area (Å²) in [5, 5.41) is 0. The summed E-state index contributed by atoms with van der Waals surface area (Å²) in [6, 6.07) is 3.23. The number of hydrogen-bond acceptors (Lipinski definition) is 2. The lowest BCUT2D eigenvalue weighted by Crippen LogP contribution is -2.06. The highest BCUT2D eigenvalue weighted by molar-refractivity contribution is 9.09. The Morgan fingerprint density at radius 3 is 2.50 bits per heavy atom. The predicted molar refractivity (Wildman–Crippen MR) is 55.4 cm³/mol. The second kappa shape index (κ2) is 5.34. The van der Waals surface area contributed by atoms with E-state index in [0.29, 0.717) is 0 Å². The van der Waals surface area contributed by atoms with E-state index in [2.05, 4.69) is 20.7 Å². The maximum Gasteiger partial charge on any atom is 0.387 e. The molecule has 1 aromatic rings. The standard InChI is InChI=1S/C10H8BrF3O2/c1-5(15)9(11)7-3-2-6(4-8(7)12)16-10(13)14/h2-4,9-10H,1H3. The average molecular weight is 297 g/mol. The Morgan fingerprint density at radius 2 is 2.06 bits per heavy atom. The average Bonchev–Trinajstić information content (AvgIpc) is 2.15. The van der Waals surface area contributed by atoms with Gasteiger partial charge >= 0.3 is 6.61 Å². The van der Waals surface area contributed by atoms with Gasteiger partial charge in [0, 0.05) is 11.6 Å². The lowest BCUT2D eigenvalue weighted by molar-refractivity contribution is -0.116. The van der Waals surface area contributed by atoms with Crippen molar-refractivity contribution in [2.45, 2.75) is 18.4 Å². The first-order valence-electron chi connectivity index (χ1n) is 4.30. The van der Waals surface area contributed by atoms with E-state index in [9.17, 15) is 18.0 Å². The lowest BCUT2D eigenvalue weighted by atomic mass is 10.1. The highest BCUT2D eigenvalue weighted by Crippen LogP contribution is 2.28. The molecule has 0 spiro atoms. The predicted octanol–water partition coefficient (Wildman–Crippen LogP) is 3.45. The van der Waals surface area contributed by atoms with Crippen molar-refractivity contribution in [2.75, 3.05) is 0 Å². The highest BCUT2D eigenvalue weighted by Gasteiger charge is 2.18. The zero-order valence-electron chi connectivity index (χ0n) is 8.22. The largest absolute Gasteiger partial charge is 0.435 e. The van der Waals surface area contributed by atoms with Crippen LogP contribution in [0.2, 0.25) is 0 Å². The number of hydrogen-bond donors (Lipinski definition) is 0. The second-order valence-electron chi connectivity index (χ2n) is 3.04. The molecule has 1 atom stereocenters. The highest BCUT2D eigenvalue weighted by atomic mass is 79.9. The van der Waals surface area contributed by atoms with Gasteiger partial charge < -0.3 is 4.74 Å². The Kier molecular flexibility index (Phi) is 4.35. The quantitative estimate of drug-likeness (QED) is 0.796. The Hall–Kier alpha value is -1.04. The molecule has 0 fully saturated rings. The van der Waals surface area contributed by atoms with Crippen LogP contribution in [0, 0.1) is 5.82 Å². The molecule has 0 aliphatic carbocycles. The van der Waals surface area contributed by atoms with Gasteiger partial charge in [0.1, 0.15) is 22.2 Å². The van der Waals surface area contributed by atoms with Crippen LogP contribution in [0.4, 0.5) is 13.2 Å². The second-order valence-corrected chi connectivity index (χ2v) is 3.95. The maximum atomic E-state index is 13.4. The van der Waals surface area contributed by atoms with Crippen molar-refractivity contribution >= 4 is 21.7 Å². The van der Waals surface area contributed by atoms with Crippen molar-refractivity contribution in [3.8, 4) is 5.75 Å². The number of carbonyl (C=O) groups is 1. The fourth-order valence-corrected chi connectivity index (χ4v) is 1.48. The molecule has 1 aromatic carbocycles. The number of alkyl halides is 3. The van der Waals surface area contributed by atoms with Crippen molar-refractivity contribution in [1.82, 2.24) is 0 Å². The number of halogens is 4. The fraction of sp³-hybridized carbons (Fsp3) is 0.300. The van der Waals surface area contributed by atoms with Crippen molar-refractivity contribution in [3.63, 3.8) is 0 Å². The van der Waals surface area contributed by atoms with Gasteiger partial charge in [-0.1, -0.05) is 22.0 Å². The molecule has 1 unspecified atom stereocenters. The van der Waals surface area contributed by atoms with Gasteiger partial charge in [0.25, 0.3) is 0 Å². The Bertz CT molecular complexity index is 396. The summed E-state index contributed by atoms with van der Waals surface area (Å²) >= 11 is 3.00. The molecule has 88 valence electrons. The molecule has 0 saturated carbocycles. The number of Topliss-reactive ketones (excluding diaryl/α,β-unsaturated/α-hetero) is 1. The minimum atomic E-state index is -3.00. The summed E-state index contributed by atoms with van der Waals surface area (Å²) in [4.78, 5) is 10.2. The number of ketones is 1. The van der Waals surface area contributed by atoms with Crippen LogP contribution in [-0.4, -0.2) is 12.4 Å². The van der Waals surface area contributed by atoms with Gasteiger partial charge in [0.05, 0.1) is 0 Å². The van der Waals surface area contributed by atoms with Crippen LogP contribution in [-0.2, 0) is 4.79 Å². The topological polar surface area (TPSA) is 26.3 Å². The smallest absolute Gasteiger partial charge is 0.387 e. The van der Waals surface area contributed by atoms with E-state index >= 15 is 0 Å². The van der Waals surface area contributed by atoms with E-state index in [-0.39, 0.29) is 17.1 Å². The summed E-state index contributed by atoms with van der Waals surface area (Å²) in [5.41, 5.74) is 0.0918. The number of rotatable bonds is 4. The van der Waals surface area contributed by atoms with Gasteiger partial charge in [0.15, 0.2) is 0 Å². The summed E-state index contributed by atoms with van der Waals surface area (Å²) < 4.78 is 41.1. The molecule has 0 aliphatic heterocycles. The minimum Gasteiger partial charge on any atom is -0.435 e. The third kappa shape index (κ3) is 3.23. The molecule has 16 heavy (non-hydrogen) atoms. The van der Waals surface area contributed by atoms with Gasteiger partial charge in [-0.05, 0) is 13.0 Å². The van der Waals surface area contributed by atoms with Crippen LogP contribution in [0.3, 0.4) is 0 Å². The lowest BCUT2D eigenvalue weighted by Gasteiger charge is -2.10. The van der Waals surface area contributed by atoms with E-state index in [0.717, 1.165) is 6.07 Å². The molecule has 2 nitrogen and oxygen atoms in total. The molecule has 1 rings (SSSR count). The zero-order valence-corrected chi connectivity index (χ0v) is 9.80. The van der Waals surface area contributed by atoms with Crippen LogP contribution in [0.5, 0.6) is 5.75 Å². The Morgan fingerprint density at radius 1 is 1.44 bits per heavy atom. The normalized spacial score (nSPS) is 12.6. The summed E-state index contributed by atoms with van der Waals surface area (Å²) in [7, 11) is 0. The summed E-state index contributed by atoms with van der Waals surface area (Å²) in [5.74, 6) is -1.32. The third-order valence-electron chi connectivity index (χ3n) is 1.83. The molecule has 0 radical (unpaired) electrons. The van der Waals surface area contributed by atoms with Gasteiger partial charge in [0.2, 0.25) is 0 Å². The minimum absolute atomic E-state index is 0.0918. The molecular weight excluding hydrogens is 289 g/mol. The molecule has 0 saturated heterocycles. The van der Waals surface area contributed by atoms with Crippen molar-refractivity contribution in [2.24, 2.45) is 0 Å². The molecule has 0 aromatic heterocycles. The van der Waals surface area contributed by atoms with E-state index < -0.39 is 17.3 Å². The first-order chi connectivity index (χ1) is 7.41. The number of benzene rings is 1. The molecular formula is C10H8BrF3O2. The van der Waals surface area contributed by atoms with E-state index in [4.69, 9.17) is 0 Å². The monoisotopic (exact) mass is 296 g/mol. The zero-order chi connectivity index (χ0) is 12.3. The Labute approximate surface area is 98.5 Å². The third-order valence-corrected chi connectivity index (χ3v) is 2.97. The van der Waals surface area contributed by atoms with Gasteiger partial charge in [-0.2, -0.15) is 8.78 Å². The molecule has 0 amide bonds. The van der Waals surface area contributed by atoms with E-state index in [1.807, 2.05) is 0 Å². The Balaban J connectivity index is 2.95. The van der Waals surface area contributed by atoms with Gasteiger partial charge in [-0.3, -0.25) is 4.79 Å². The summed E-state index contributed by atoms with van der Waals surface area (Å²) in [6.07, 6.45) is 0. The van der Waals surface area contributed by atoms with Gasteiger partial charge in [-0.15, -0.1) is 0 Å². The molecule has 0 N–H and O–H groups in total. The van der Waals surface area contributed by atoms with Crippen LogP contribution >= 0.6 is 15.9 Å². The van der Waals surface area contributed by atoms with Gasteiger partial charge in [-0.25, -0.2) is 4.39 Å². The van der Waals surface area contributed by atoms with E-state index in [1.54, 1.807) is 0 Å². The first kappa shape index (κ1) is 13.0. The van der Waals surface area contributed by atoms with Crippen LogP contribution in [0.1, 0.15) is 17.3 Å². The first-order valence-corrected chi connectivity index (χ1v) is 5.22. The van der Waals surface area contributed by atoms with Crippen LogP contribution in [0.15, 0.2) is 18.2 Å².